The predicted molar refractivity (Wildman–Crippen MR) is 114 cm³/mol. The van der Waals surface area contributed by atoms with Crippen LogP contribution in [0.15, 0.2) is 29.2 Å². The van der Waals surface area contributed by atoms with Crippen molar-refractivity contribution < 1.29 is 18.5 Å². The van der Waals surface area contributed by atoms with E-state index in [9.17, 15) is 8.42 Å². The van der Waals surface area contributed by atoms with Crippen molar-refractivity contribution in [2.75, 3.05) is 25.9 Å². The molecule has 0 spiro atoms. The second-order valence-corrected chi connectivity index (χ2v) is 9.94. The molecule has 2 unspecified atom stereocenters. The predicted octanol–water partition coefficient (Wildman–Crippen LogP) is 1.72. The van der Waals surface area contributed by atoms with Crippen LogP contribution in [0.3, 0.4) is 0 Å². The van der Waals surface area contributed by atoms with Crippen molar-refractivity contribution in [3.63, 3.8) is 0 Å². The number of piperazine rings is 1. The number of rotatable bonds is 11. The Bertz CT molecular complexity index is 682. The van der Waals surface area contributed by atoms with Crippen molar-refractivity contribution in [2.24, 2.45) is 0 Å². The molecule has 1 aliphatic rings. The van der Waals surface area contributed by atoms with Gasteiger partial charge in [0.2, 0.25) is 0 Å². The van der Waals surface area contributed by atoms with E-state index in [1.165, 1.54) is 12.7 Å². The molecule has 1 fully saturated rings. The molecule has 1 aromatic carbocycles. The first-order chi connectivity index (χ1) is 13.3. The third kappa shape index (κ3) is 7.48. The van der Waals surface area contributed by atoms with Gasteiger partial charge in [-0.1, -0.05) is 38.3 Å². The minimum atomic E-state index is -3.17. The number of unbranched alkanes of at least 4 members (excludes halogenated alkanes) is 1. The molecule has 1 heterocycles. The monoisotopic (exact) mass is 410 g/mol. The largest absolute Gasteiger partial charge is 0.451 e. The van der Waals surface area contributed by atoms with Crippen LogP contribution in [0.5, 0.6) is 0 Å². The molecule has 0 bridgehead atoms. The second-order valence-electron chi connectivity index (χ2n) is 7.92. The van der Waals surface area contributed by atoms with E-state index in [1.54, 1.807) is 12.1 Å². The van der Waals surface area contributed by atoms with Gasteiger partial charge in [0, 0.05) is 38.0 Å². The van der Waals surface area contributed by atoms with E-state index >= 15 is 0 Å². The lowest BCUT2D eigenvalue weighted by Gasteiger charge is -2.42. The first kappa shape index (κ1) is 23.4. The summed E-state index contributed by atoms with van der Waals surface area (Å²) in [7, 11) is -4.39. The Morgan fingerprint density at radius 3 is 2.50 bits per heavy atom. The van der Waals surface area contributed by atoms with Crippen LogP contribution in [0.1, 0.15) is 44.6 Å². The normalized spacial score (nSPS) is 19.5. The summed E-state index contributed by atoms with van der Waals surface area (Å²) < 4.78 is 23.3. The van der Waals surface area contributed by atoms with Gasteiger partial charge in [0.15, 0.2) is 9.84 Å². The average molecular weight is 410 g/mol. The number of benzene rings is 1. The van der Waals surface area contributed by atoms with Gasteiger partial charge in [0.1, 0.15) is 0 Å². The summed E-state index contributed by atoms with van der Waals surface area (Å²) in [6, 6.07) is 8.05. The van der Waals surface area contributed by atoms with Gasteiger partial charge < -0.3 is 15.4 Å². The van der Waals surface area contributed by atoms with E-state index in [1.807, 2.05) is 12.1 Å². The van der Waals surface area contributed by atoms with Crippen LogP contribution < -0.4 is 5.32 Å². The molecule has 0 amide bonds. The summed E-state index contributed by atoms with van der Waals surface area (Å²) in [4.78, 5) is 2.94. The summed E-state index contributed by atoms with van der Waals surface area (Å²) in [5.74, 6) is 0. The van der Waals surface area contributed by atoms with Gasteiger partial charge >= 0.3 is 7.12 Å². The van der Waals surface area contributed by atoms with E-state index in [2.05, 4.69) is 17.1 Å². The molecule has 2 rings (SSSR count). The van der Waals surface area contributed by atoms with E-state index in [4.69, 9.17) is 10.0 Å². The van der Waals surface area contributed by atoms with E-state index < -0.39 is 17.0 Å². The van der Waals surface area contributed by atoms with Gasteiger partial charge in [-0.15, -0.1) is 0 Å². The van der Waals surface area contributed by atoms with Crippen molar-refractivity contribution in [3.8, 4) is 0 Å². The molecule has 0 aliphatic carbocycles. The maximum Gasteiger partial charge on any atom is 0.451 e. The molecule has 158 valence electrons. The SMILES string of the molecule is CCCCC(CCCB(O)O)N1CCNCC1Cc1ccc(S(C)(=O)=O)cc1. The third-order valence-electron chi connectivity index (χ3n) is 5.58. The summed E-state index contributed by atoms with van der Waals surface area (Å²) in [6.45, 7) is 5.07. The Hall–Kier alpha value is -0.925. The van der Waals surface area contributed by atoms with Crippen molar-refractivity contribution >= 4 is 17.0 Å². The van der Waals surface area contributed by atoms with E-state index in [0.29, 0.717) is 23.3 Å². The smallest absolute Gasteiger partial charge is 0.427 e. The van der Waals surface area contributed by atoms with Gasteiger partial charge in [0.25, 0.3) is 0 Å². The van der Waals surface area contributed by atoms with Crippen LogP contribution in [0.25, 0.3) is 0 Å². The van der Waals surface area contributed by atoms with Gasteiger partial charge in [-0.2, -0.15) is 0 Å². The highest BCUT2D eigenvalue weighted by Gasteiger charge is 2.28. The first-order valence-electron chi connectivity index (χ1n) is 10.4. The molecule has 1 saturated heterocycles. The van der Waals surface area contributed by atoms with Crippen LogP contribution in [0.2, 0.25) is 6.32 Å². The van der Waals surface area contributed by atoms with Gasteiger partial charge in [-0.3, -0.25) is 4.90 Å². The highest BCUT2D eigenvalue weighted by atomic mass is 32.2. The minimum Gasteiger partial charge on any atom is -0.427 e. The fourth-order valence-electron chi connectivity index (χ4n) is 4.04. The van der Waals surface area contributed by atoms with Crippen molar-refractivity contribution in [1.82, 2.24) is 10.2 Å². The zero-order valence-electron chi connectivity index (χ0n) is 17.2. The maximum atomic E-state index is 11.7. The van der Waals surface area contributed by atoms with Crippen LogP contribution >= 0.6 is 0 Å². The molecular weight excluding hydrogens is 375 g/mol. The lowest BCUT2D eigenvalue weighted by molar-refractivity contribution is 0.0921. The Labute approximate surface area is 170 Å². The van der Waals surface area contributed by atoms with Gasteiger partial charge in [0.05, 0.1) is 4.90 Å². The van der Waals surface area contributed by atoms with Crippen LogP contribution in [0.4, 0.5) is 0 Å². The van der Waals surface area contributed by atoms with Gasteiger partial charge in [-0.05, 0) is 43.3 Å². The number of sulfone groups is 1. The molecule has 0 radical (unpaired) electrons. The highest BCUT2D eigenvalue weighted by Crippen LogP contribution is 2.22. The fourth-order valence-corrected chi connectivity index (χ4v) is 4.67. The van der Waals surface area contributed by atoms with Crippen LogP contribution in [0, 0.1) is 0 Å². The molecule has 6 nitrogen and oxygen atoms in total. The molecule has 28 heavy (non-hydrogen) atoms. The molecule has 0 aromatic heterocycles. The molecule has 2 atom stereocenters. The number of hydrogen-bond acceptors (Lipinski definition) is 6. The zero-order chi connectivity index (χ0) is 20.6. The van der Waals surface area contributed by atoms with Gasteiger partial charge in [-0.25, -0.2) is 8.42 Å². The quantitative estimate of drug-likeness (QED) is 0.482. The molecule has 1 aromatic rings. The third-order valence-corrected chi connectivity index (χ3v) is 6.71. The highest BCUT2D eigenvalue weighted by molar-refractivity contribution is 7.90. The zero-order valence-corrected chi connectivity index (χ0v) is 18.0. The Balaban J connectivity index is 2.06. The van der Waals surface area contributed by atoms with E-state index in [0.717, 1.165) is 57.3 Å². The second kappa shape index (κ2) is 11.3. The molecular formula is C20H35BN2O4S. The summed E-state index contributed by atoms with van der Waals surface area (Å²) in [5.41, 5.74) is 1.14. The average Bonchev–Trinajstić information content (AvgIpc) is 2.64. The topological polar surface area (TPSA) is 89.9 Å². The summed E-state index contributed by atoms with van der Waals surface area (Å²) in [5, 5.41) is 21.8. The minimum absolute atomic E-state index is 0.359. The molecule has 3 N–H and O–H groups in total. The first-order valence-corrected chi connectivity index (χ1v) is 12.3. The lowest BCUT2D eigenvalue weighted by atomic mass is 9.82. The standard InChI is InChI=1S/C20H35BN2O4S/c1-3-4-6-18(7-5-12-21(24)25)23-14-13-22-16-19(23)15-17-8-10-20(11-9-17)28(2,26)27/h8-11,18-19,22,24-25H,3-7,12-16H2,1-2H3. The Kier molecular flexibility index (Phi) is 9.43. The van der Waals surface area contributed by atoms with Crippen molar-refractivity contribution in [2.45, 2.75) is 68.7 Å². The van der Waals surface area contributed by atoms with Crippen LogP contribution in [-0.2, 0) is 16.3 Å². The number of hydrogen-bond donors (Lipinski definition) is 3. The fraction of sp³-hybridized carbons (Fsp3) is 0.700. The van der Waals surface area contributed by atoms with Crippen molar-refractivity contribution in [1.29, 1.82) is 0 Å². The summed E-state index contributed by atoms with van der Waals surface area (Å²) in [6.07, 6.45) is 7.77. The molecule has 8 heteroatoms. The lowest BCUT2D eigenvalue weighted by Crippen LogP contribution is -2.56. The summed E-state index contributed by atoms with van der Waals surface area (Å²) >= 11 is 0. The van der Waals surface area contributed by atoms with Crippen molar-refractivity contribution in [3.05, 3.63) is 29.8 Å². The maximum absolute atomic E-state index is 11.7. The molecule has 1 aliphatic heterocycles. The Morgan fingerprint density at radius 2 is 1.89 bits per heavy atom. The van der Waals surface area contributed by atoms with Crippen LogP contribution in [-0.4, -0.2) is 68.5 Å². The number of nitrogens with zero attached hydrogens (tertiary/aromatic N) is 1. The molecule has 0 saturated carbocycles. The van der Waals surface area contributed by atoms with E-state index in [-0.39, 0.29) is 0 Å². The number of nitrogens with one attached hydrogen (secondary N) is 1. The Morgan fingerprint density at radius 1 is 1.21 bits per heavy atom.